The highest BCUT2D eigenvalue weighted by atomic mass is 32.2. The molecular weight excluding hydrogens is 365 g/mol. The third-order valence-corrected chi connectivity index (χ3v) is 4.79. The van der Waals surface area contributed by atoms with Gasteiger partial charge < -0.3 is 5.32 Å². The maximum absolute atomic E-state index is 13.7. The molecule has 0 saturated carbocycles. The summed E-state index contributed by atoms with van der Waals surface area (Å²) in [6.45, 7) is 4.61. The quantitative estimate of drug-likeness (QED) is 0.522. The number of thioether (sulfide) groups is 1. The molecule has 140 valence electrons. The van der Waals surface area contributed by atoms with Gasteiger partial charge in [-0.05, 0) is 36.2 Å². The van der Waals surface area contributed by atoms with E-state index in [9.17, 15) is 14.0 Å². The van der Waals surface area contributed by atoms with Gasteiger partial charge in [0, 0.05) is 6.54 Å². The number of hydrogen-bond acceptors (Lipinski definition) is 4. The number of benzene rings is 2. The summed E-state index contributed by atoms with van der Waals surface area (Å²) >= 11 is 1.15. The molecule has 0 aliphatic heterocycles. The van der Waals surface area contributed by atoms with Crippen molar-refractivity contribution in [2.75, 3.05) is 12.3 Å². The lowest BCUT2D eigenvalue weighted by atomic mass is 10.2. The number of fused-ring (bicyclic) bond motifs is 1. The molecule has 0 aliphatic carbocycles. The SMILES string of the molecule is CC(C)CNC(=O)CSc1nc2ccccc2c(=O)n1-c1cccc(F)c1. The number of amides is 1. The Labute approximate surface area is 160 Å². The van der Waals surface area contributed by atoms with Gasteiger partial charge >= 0.3 is 0 Å². The van der Waals surface area contributed by atoms with Crippen LogP contribution in [-0.2, 0) is 4.79 Å². The van der Waals surface area contributed by atoms with E-state index in [1.54, 1.807) is 30.3 Å². The molecule has 2 aromatic carbocycles. The summed E-state index contributed by atoms with van der Waals surface area (Å²) in [5.74, 6) is -0.115. The summed E-state index contributed by atoms with van der Waals surface area (Å²) in [4.78, 5) is 29.6. The standard InChI is InChI=1S/C20H20FN3O2S/c1-13(2)11-22-18(25)12-27-20-23-17-9-4-3-8-16(17)19(26)24(20)15-7-5-6-14(21)10-15/h3-10,13H,11-12H2,1-2H3,(H,22,25). The number of nitrogens with zero attached hydrogens (tertiary/aromatic N) is 2. The Balaban J connectivity index is 2.01. The molecule has 0 unspecified atom stereocenters. The van der Waals surface area contributed by atoms with Crippen LogP contribution in [0.3, 0.4) is 0 Å². The van der Waals surface area contributed by atoms with Crippen molar-refractivity contribution in [3.63, 3.8) is 0 Å². The minimum atomic E-state index is -0.446. The number of nitrogens with one attached hydrogen (secondary N) is 1. The molecule has 1 aromatic heterocycles. The average Bonchev–Trinajstić information content (AvgIpc) is 2.64. The van der Waals surface area contributed by atoms with Gasteiger partial charge in [-0.2, -0.15) is 0 Å². The topological polar surface area (TPSA) is 64.0 Å². The molecule has 5 nitrogen and oxygen atoms in total. The zero-order valence-corrected chi connectivity index (χ0v) is 15.9. The van der Waals surface area contributed by atoms with Crippen LogP contribution in [-0.4, -0.2) is 27.8 Å². The van der Waals surface area contributed by atoms with E-state index in [4.69, 9.17) is 0 Å². The first kappa shape index (κ1) is 19.1. The number of para-hydroxylation sites is 1. The van der Waals surface area contributed by atoms with Gasteiger partial charge in [0.1, 0.15) is 5.82 Å². The van der Waals surface area contributed by atoms with E-state index >= 15 is 0 Å². The fourth-order valence-electron chi connectivity index (χ4n) is 2.55. The number of carbonyl (C=O) groups excluding carboxylic acids is 1. The smallest absolute Gasteiger partial charge is 0.266 e. The molecule has 3 rings (SSSR count). The number of hydrogen-bond donors (Lipinski definition) is 1. The molecule has 0 bridgehead atoms. The van der Waals surface area contributed by atoms with Crippen LogP contribution in [0.15, 0.2) is 58.5 Å². The van der Waals surface area contributed by atoms with Crippen molar-refractivity contribution >= 4 is 28.6 Å². The molecule has 7 heteroatoms. The first-order valence-corrected chi connectivity index (χ1v) is 9.61. The van der Waals surface area contributed by atoms with Crippen LogP contribution in [0.25, 0.3) is 16.6 Å². The maximum Gasteiger partial charge on any atom is 0.266 e. The number of aromatic nitrogens is 2. The second kappa shape index (κ2) is 8.35. The number of rotatable bonds is 6. The lowest BCUT2D eigenvalue weighted by Gasteiger charge is -2.13. The van der Waals surface area contributed by atoms with Crippen LogP contribution in [0.5, 0.6) is 0 Å². The van der Waals surface area contributed by atoms with E-state index in [0.29, 0.717) is 34.2 Å². The summed E-state index contributed by atoms with van der Waals surface area (Å²) in [7, 11) is 0. The molecule has 0 saturated heterocycles. The molecule has 27 heavy (non-hydrogen) atoms. The zero-order valence-electron chi connectivity index (χ0n) is 15.1. The second-order valence-electron chi connectivity index (χ2n) is 6.52. The Hall–Kier alpha value is -2.67. The number of carbonyl (C=O) groups is 1. The Kier molecular flexibility index (Phi) is 5.91. The predicted molar refractivity (Wildman–Crippen MR) is 106 cm³/mol. The van der Waals surface area contributed by atoms with Crippen LogP contribution in [0.2, 0.25) is 0 Å². The van der Waals surface area contributed by atoms with Crippen LogP contribution in [0.1, 0.15) is 13.8 Å². The van der Waals surface area contributed by atoms with Crippen molar-refractivity contribution in [3.05, 3.63) is 64.7 Å². The maximum atomic E-state index is 13.7. The van der Waals surface area contributed by atoms with Crippen LogP contribution < -0.4 is 10.9 Å². The third kappa shape index (κ3) is 4.54. The lowest BCUT2D eigenvalue weighted by Crippen LogP contribution is -2.29. The van der Waals surface area contributed by atoms with E-state index in [2.05, 4.69) is 10.3 Å². The van der Waals surface area contributed by atoms with Gasteiger partial charge in [0.05, 0.1) is 22.3 Å². The van der Waals surface area contributed by atoms with Gasteiger partial charge in [0.2, 0.25) is 5.91 Å². The highest BCUT2D eigenvalue weighted by Gasteiger charge is 2.15. The lowest BCUT2D eigenvalue weighted by molar-refractivity contribution is -0.118. The summed E-state index contributed by atoms with van der Waals surface area (Å²) in [6, 6.07) is 12.8. The second-order valence-corrected chi connectivity index (χ2v) is 7.46. The van der Waals surface area contributed by atoms with Gasteiger partial charge in [0.25, 0.3) is 5.56 Å². The minimum absolute atomic E-state index is 0.118. The number of halogens is 1. The highest BCUT2D eigenvalue weighted by molar-refractivity contribution is 7.99. The molecule has 0 fully saturated rings. The molecule has 1 amide bonds. The monoisotopic (exact) mass is 385 g/mol. The van der Waals surface area contributed by atoms with Gasteiger partial charge in [-0.1, -0.05) is 43.8 Å². The van der Waals surface area contributed by atoms with Crippen molar-refractivity contribution in [3.8, 4) is 5.69 Å². The Morgan fingerprint density at radius 1 is 1.22 bits per heavy atom. The fourth-order valence-corrected chi connectivity index (χ4v) is 3.39. The van der Waals surface area contributed by atoms with Gasteiger partial charge in [-0.25, -0.2) is 9.37 Å². The average molecular weight is 385 g/mol. The normalized spacial score (nSPS) is 11.1. The van der Waals surface area contributed by atoms with E-state index in [-0.39, 0.29) is 17.2 Å². The Bertz CT molecular complexity index is 1030. The van der Waals surface area contributed by atoms with E-state index < -0.39 is 5.82 Å². The summed E-state index contributed by atoms with van der Waals surface area (Å²) in [6.07, 6.45) is 0. The zero-order chi connectivity index (χ0) is 19.4. The van der Waals surface area contributed by atoms with Crippen molar-refractivity contribution in [1.82, 2.24) is 14.9 Å². The molecule has 1 heterocycles. The van der Waals surface area contributed by atoms with Gasteiger partial charge in [-0.15, -0.1) is 0 Å². The summed E-state index contributed by atoms with van der Waals surface area (Å²) in [5, 5.41) is 3.63. The van der Waals surface area contributed by atoms with Crippen molar-refractivity contribution in [2.24, 2.45) is 5.92 Å². The predicted octanol–water partition coefficient (Wildman–Crippen LogP) is 3.39. The molecule has 0 aliphatic rings. The molecule has 1 N–H and O–H groups in total. The Morgan fingerprint density at radius 2 is 2.00 bits per heavy atom. The van der Waals surface area contributed by atoms with Crippen molar-refractivity contribution in [1.29, 1.82) is 0 Å². The van der Waals surface area contributed by atoms with Crippen LogP contribution in [0, 0.1) is 11.7 Å². The van der Waals surface area contributed by atoms with Gasteiger partial charge in [0.15, 0.2) is 5.16 Å². The first-order chi connectivity index (χ1) is 13.0. The van der Waals surface area contributed by atoms with Crippen LogP contribution in [0.4, 0.5) is 4.39 Å². The molecule has 0 atom stereocenters. The van der Waals surface area contributed by atoms with E-state index in [0.717, 1.165) is 11.8 Å². The Morgan fingerprint density at radius 3 is 2.74 bits per heavy atom. The first-order valence-electron chi connectivity index (χ1n) is 8.63. The molecule has 0 radical (unpaired) electrons. The van der Waals surface area contributed by atoms with Crippen molar-refractivity contribution in [2.45, 2.75) is 19.0 Å². The fraction of sp³-hybridized carbons (Fsp3) is 0.250. The molecule has 3 aromatic rings. The highest BCUT2D eigenvalue weighted by Crippen LogP contribution is 2.21. The van der Waals surface area contributed by atoms with Crippen LogP contribution >= 0.6 is 11.8 Å². The van der Waals surface area contributed by atoms with Gasteiger partial charge in [-0.3, -0.25) is 14.2 Å². The van der Waals surface area contributed by atoms with E-state index in [1.165, 1.54) is 22.8 Å². The minimum Gasteiger partial charge on any atom is -0.355 e. The summed E-state index contributed by atoms with van der Waals surface area (Å²) < 4.78 is 15.1. The summed E-state index contributed by atoms with van der Waals surface area (Å²) in [5.41, 5.74) is 0.625. The largest absolute Gasteiger partial charge is 0.355 e. The molecular formula is C20H20FN3O2S. The van der Waals surface area contributed by atoms with Crippen molar-refractivity contribution < 1.29 is 9.18 Å². The van der Waals surface area contributed by atoms with E-state index in [1.807, 2.05) is 13.8 Å². The molecule has 0 spiro atoms. The third-order valence-electron chi connectivity index (χ3n) is 3.85.